The minimum atomic E-state index is -1.64. The fourth-order valence-corrected chi connectivity index (χ4v) is 6.88. The topological polar surface area (TPSA) is 214 Å². The fourth-order valence-electron chi connectivity index (χ4n) is 6.88. The first-order valence-electron chi connectivity index (χ1n) is 15.6. The Morgan fingerprint density at radius 3 is 2.18 bits per heavy atom. The number of ether oxygens (including phenoxy) is 6. The number of hydrogen-bond acceptors (Lipinski definition) is 15. The fraction of sp³-hybridized carbons (Fsp3) is 0.441. The summed E-state index contributed by atoms with van der Waals surface area (Å²) in [4.78, 5) is 38.6. The monoisotopic (exact) mass is 682 g/mol. The van der Waals surface area contributed by atoms with Crippen molar-refractivity contribution in [3.63, 3.8) is 0 Å². The van der Waals surface area contributed by atoms with Crippen LogP contribution in [0.2, 0.25) is 0 Å². The highest BCUT2D eigenvalue weighted by atomic mass is 16.8. The van der Waals surface area contributed by atoms with Gasteiger partial charge in [0, 0.05) is 30.2 Å². The van der Waals surface area contributed by atoms with Crippen LogP contribution in [0.15, 0.2) is 48.8 Å². The van der Waals surface area contributed by atoms with E-state index in [0.717, 1.165) is 6.92 Å². The second-order valence-corrected chi connectivity index (χ2v) is 12.4. The maximum absolute atomic E-state index is 13.4. The summed E-state index contributed by atoms with van der Waals surface area (Å²) in [5.41, 5.74) is -0.955. The third-order valence-corrected chi connectivity index (χ3v) is 9.30. The molecule has 10 atom stereocenters. The van der Waals surface area contributed by atoms with E-state index in [-0.39, 0.29) is 49.2 Å². The van der Waals surface area contributed by atoms with Crippen molar-refractivity contribution in [2.75, 3.05) is 7.11 Å². The SMILES string of the molecule is CO[C@H]1[C@@H](O)[C@@H](C)O[C@H](O[C@H]2[C@H](Oc3cccc4c(O)c5c(=O)oc6ccc(C)c7c(=O)oc(c34)c5c67)O[C@H](C)[C@H](O)[C@@H]2O)[C@@H]1OC(C)=O. The lowest BCUT2D eigenvalue weighted by Gasteiger charge is -2.46. The minimum absolute atomic E-state index is 0.0101. The van der Waals surface area contributed by atoms with Crippen LogP contribution in [0.25, 0.3) is 43.5 Å². The van der Waals surface area contributed by atoms with Gasteiger partial charge in [-0.15, -0.1) is 0 Å². The molecule has 0 bridgehead atoms. The summed E-state index contributed by atoms with van der Waals surface area (Å²) in [5, 5.41) is 44.8. The Labute approximate surface area is 276 Å². The van der Waals surface area contributed by atoms with Gasteiger partial charge in [0.1, 0.15) is 46.9 Å². The molecule has 3 aromatic carbocycles. The van der Waals surface area contributed by atoms with Gasteiger partial charge < -0.3 is 57.7 Å². The predicted molar refractivity (Wildman–Crippen MR) is 170 cm³/mol. The lowest BCUT2D eigenvalue weighted by atomic mass is 9.95. The molecule has 49 heavy (non-hydrogen) atoms. The van der Waals surface area contributed by atoms with Crippen molar-refractivity contribution >= 4 is 49.5 Å². The van der Waals surface area contributed by atoms with E-state index in [0.29, 0.717) is 5.56 Å². The normalized spacial score (nSPS) is 30.8. The van der Waals surface area contributed by atoms with Crippen molar-refractivity contribution in [1.29, 1.82) is 0 Å². The van der Waals surface area contributed by atoms with Gasteiger partial charge in [-0.1, -0.05) is 18.2 Å². The molecular formula is C34H34O15. The van der Waals surface area contributed by atoms with Crippen LogP contribution < -0.4 is 16.0 Å². The molecule has 2 aliphatic rings. The van der Waals surface area contributed by atoms with Gasteiger partial charge in [-0.05, 0) is 38.5 Å². The summed E-state index contributed by atoms with van der Waals surface area (Å²) < 4.78 is 46.5. The first kappa shape index (κ1) is 33.2. The summed E-state index contributed by atoms with van der Waals surface area (Å²) in [6, 6.07) is 7.67. The maximum Gasteiger partial charge on any atom is 0.348 e. The van der Waals surface area contributed by atoms with Crippen LogP contribution in [0.4, 0.5) is 0 Å². The third kappa shape index (κ3) is 5.20. The molecule has 2 aliphatic heterocycles. The zero-order valence-electron chi connectivity index (χ0n) is 26.9. The Kier molecular flexibility index (Phi) is 8.26. The van der Waals surface area contributed by atoms with E-state index in [9.17, 15) is 34.8 Å². The predicted octanol–water partition coefficient (Wildman–Crippen LogP) is 1.94. The second kappa shape index (κ2) is 12.2. The van der Waals surface area contributed by atoms with Crippen molar-refractivity contribution in [3.05, 3.63) is 56.7 Å². The van der Waals surface area contributed by atoms with Crippen LogP contribution in [-0.4, -0.2) is 94.9 Å². The van der Waals surface area contributed by atoms with Gasteiger partial charge in [0.25, 0.3) is 0 Å². The Balaban J connectivity index is 1.37. The molecule has 0 unspecified atom stereocenters. The largest absolute Gasteiger partial charge is 0.506 e. The summed E-state index contributed by atoms with van der Waals surface area (Å²) in [6.45, 7) is 5.90. The highest BCUT2D eigenvalue weighted by molar-refractivity contribution is 6.28. The Bertz CT molecular complexity index is 2190. The number of rotatable bonds is 6. The number of phenolic OH excluding ortho intramolecular Hbond substituents is 1. The van der Waals surface area contributed by atoms with Gasteiger partial charge in [-0.3, -0.25) is 4.79 Å². The number of esters is 1. The molecule has 4 heterocycles. The van der Waals surface area contributed by atoms with Crippen LogP contribution in [0.1, 0.15) is 26.3 Å². The van der Waals surface area contributed by atoms with Crippen molar-refractivity contribution in [2.45, 2.75) is 89.1 Å². The van der Waals surface area contributed by atoms with Crippen LogP contribution in [0.3, 0.4) is 0 Å². The van der Waals surface area contributed by atoms with Gasteiger partial charge in [-0.2, -0.15) is 0 Å². The number of aliphatic hydroxyl groups is 3. The molecule has 0 spiro atoms. The molecule has 15 nitrogen and oxygen atoms in total. The van der Waals surface area contributed by atoms with Crippen molar-refractivity contribution in [1.82, 2.24) is 0 Å². The first-order chi connectivity index (χ1) is 23.3. The Hall–Kier alpha value is -4.35. The number of aryl methyl sites for hydroxylation is 1. The number of aromatic hydroxyl groups is 1. The smallest absolute Gasteiger partial charge is 0.348 e. The lowest BCUT2D eigenvalue weighted by Crippen LogP contribution is -2.64. The van der Waals surface area contributed by atoms with E-state index in [4.69, 9.17) is 37.3 Å². The molecule has 7 rings (SSSR count). The Morgan fingerprint density at radius 1 is 0.776 bits per heavy atom. The molecular weight excluding hydrogens is 648 g/mol. The van der Waals surface area contributed by atoms with Gasteiger partial charge in [0.2, 0.25) is 6.29 Å². The number of carbonyl (C=O) groups excluding carboxylic acids is 1. The van der Waals surface area contributed by atoms with E-state index in [2.05, 4.69) is 0 Å². The zero-order chi connectivity index (χ0) is 35.0. The Morgan fingerprint density at radius 2 is 1.47 bits per heavy atom. The molecule has 0 amide bonds. The van der Waals surface area contributed by atoms with E-state index < -0.39 is 84.4 Å². The van der Waals surface area contributed by atoms with Gasteiger partial charge in [0.05, 0.1) is 23.0 Å². The molecule has 2 aromatic heterocycles. The van der Waals surface area contributed by atoms with E-state index in [1.54, 1.807) is 26.0 Å². The van der Waals surface area contributed by atoms with Crippen LogP contribution >= 0.6 is 0 Å². The second-order valence-electron chi connectivity index (χ2n) is 12.4. The molecule has 260 valence electrons. The number of hydrogen-bond donors (Lipinski definition) is 4. The molecule has 15 heteroatoms. The summed E-state index contributed by atoms with van der Waals surface area (Å²) in [5.74, 6) is -1.18. The molecule has 0 aliphatic carbocycles. The highest BCUT2D eigenvalue weighted by Gasteiger charge is 2.52. The molecule has 4 N–H and O–H groups in total. The average Bonchev–Trinajstić information content (AvgIpc) is 3.05. The first-order valence-corrected chi connectivity index (χ1v) is 15.6. The van der Waals surface area contributed by atoms with Crippen LogP contribution in [0.5, 0.6) is 11.5 Å². The van der Waals surface area contributed by atoms with Crippen molar-refractivity contribution in [3.8, 4) is 11.5 Å². The number of phenols is 1. The minimum Gasteiger partial charge on any atom is -0.506 e. The summed E-state index contributed by atoms with van der Waals surface area (Å²) in [6.07, 6.45) is -13.0. The van der Waals surface area contributed by atoms with E-state index in [1.807, 2.05) is 0 Å². The van der Waals surface area contributed by atoms with Crippen molar-refractivity contribution in [2.24, 2.45) is 0 Å². The van der Waals surface area contributed by atoms with E-state index in [1.165, 1.54) is 32.2 Å². The highest BCUT2D eigenvalue weighted by Crippen LogP contribution is 2.45. The average molecular weight is 683 g/mol. The maximum atomic E-state index is 13.4. The van der Waals surface area contributed by atoms with Crippen molar-refractivity contribution < 1.29 is 62.5 Å². The molecule has 5 aromatic rings. The third-order valence-electron chi connectivity index (χ3n) is 9.30. The molecule has 0 radical (unpaired) electrons. The van der Waals surface area contributed by atoms with Gasteiger partial charge in [-0.25, -0.2) is 9.59 Å². The number of benzene rings is 3. The number of methoxy groups -OCH3 is 1. The summed E-state index contributed by atoms with van der Waals surface area (Å²) >= 11 is 0. The number of carbonyl (C=O) groups is 1. The van der Waals surface area contributed by atoms with Gasteiger partial charge in [0.15, 0.2) is 24.1 Å². The lowest BCUT2D eigenvalue weighted by molar-refractivity contribution is -0.353. The molecule has 0 saturated carbocycles. The van der Waals surface area contributed by atoms with Crippen LogP contribution in [0, 0.1) is 6.92 Å². The van der Waals surface area contributed by atoms with E-state index >= 15 is 0 Å². The molecule has 2 saturated heterocycles. The molecule has 2 fully saturated rings. The van der Waals surface area contributed by atoms with Gasteiger partial charge >= 0.3 is 17.2 Å². The quantitative estimate of drug-likeness (QED) is 0.0872. The zero-order valence-corrected chi connectivity index (χ0v) is 26.9. The summed E-state index contributed by atoms with van der Waals surface area (Å²) in [7, 11) is 1.31. The standard InChI is InChI=1S/C34H34O15/c1-11-9-10-17-20-18(11)31(40)48-27-19-15(25(38)22(21(20)27)32(41)46-17)7-6-8-16(19)47-33-29(26(39)23(36)12(2)43-33)49-34-30(45-14(4)35)28(42-5)24(37)13(3)44-34/h6-10,12-13,23-24,26,28-30,33-34,36-39H,1-5H3/t12-,13-,23+,24+,26+,28+,29-,30-,33+,34-/m1/s1. The number of aliphatic hydroxyl groups excluding tert-OH is 3. The van der Waals surface area contributed by atoms with Crippen LogP contribution in [-0.2, 0) is 28.5 Å². The number of fused-ring (bicyclic) bond motifs is 2.